The third-order valence-corrected chi connectivity index (χ3v) is 6.64. The van der Waals surface area contributed by atoms with Gasteiger partial charge in [-0.05, 0) is 42.7 Å². The number of methoxy groups -OCH3 is 1. The van der Waals surface area contributed by atoms with Crippen LogP contribution >= 0.6 is 0 Å². The van der Waals surface area contributed by atoms with Gasteiger partial charge in [0.1, 0.15) is 11.8 Å². The number of fused-ring (bicyclic) bond motifs is 1. The Balaban J connectivity index is 1.52. The van der Waals surface area contributed by atoms with E-state index >= 15 is 0 Å². The van der Waals surface area contributed by atoms with Crippen LogP contribution in [0.2, 0.25) is 0 Å². The first kappa shape index (κ1) is 18.9. The lowest BCUT2D eigenvalue weighted by Gasteiger charge is -2.54. The lowest BCUT2D eigenvalue weighted by atomic mass is 9.82. The molecule has 2 heterocycles. The van der Waals surface area contributed by atoms with Crippen molar-refractivity contribution in [3.63, 3.8) is 0 Å². The zero-order valence-corrected chi connectivity index (χ0v) is 16.9. The van der Waals surface area contributed by atoms with E-state index in [4.69, 9.17) is 4.74 Å². The van der Waals surface area contributed by atoms with E-state index in [1.54, 1.807) is 31.4 Å². The first-order valence-corrected chi connectivity index (χ1v) is 10.5. The first-order valence-electron chi connectivity index (χ1n) is 10.5. The summed E-state index contributed by atoms with van der Waals surface area (Å²) in [6.45, 7) is 0. The van der Waals surface area contributed by atoms with Crippen LogP contribution in [0.5, 0.6) is 5.75 Å². The van der Waals surface area contributed by atoms with E-state index in [0.717, 1.165) is 37.0 Å². The van der Waals surface area contributed by atoms with Gasteiger partial charge in [-0.25, -0.2) is 0 Å². The molecule has 2 aliphatic heterocycles. The predicted octanol–water partition coefficient (Wildman–Crippen LogP) is 3.58. The first-order chi connectivity index (χ1) is 14.6. The third-order valence-electron chi connectivity index (χ3n) is 6.64. The van der Waals surface area contributed by atoms with Gasteiger partial charge >= 0.3 is 0 Å². The molecule has 0 radical (unpaired) electrons. The van der Waals surface area contributed by atoms with Crippen LogP contribution in [0.15, 0.2) is 48.5 Å². The molecular weight excluding hydrogens is 380 g/mol. The minimum atomic E-state index is -0.798. The summed E-state index contributed by atoms with van der Waals surface area (Å²) in [5, 5.41) is 0. The van der Waals surface area contributed by atoms with Gasteiger partial charge in [-0.1, -0.05) is 43.5 Å². The van der Waals surface area contributed by atoms with Gasteiger partial charge in [-0.3, -0.25) is 19.3 Å². The highest BCUT2D eigenvalue weighted by molar-refractivity contribution is 6.23. The fourth-order valence-electron chi connectivity index (χ4n) is 5.12. The van der Waals surface area contributed by atoms with Gasteiger partial charge in [-0.15, -0.1) is 0 Å². The Kier molecular flexibility index (Phi) is 4.57. The van der Waals surface area contributed by atoms with Crippen LogP contribution in [0.4, 0.5) is 0 Å². The molecule has 2 fully saturated rings. The molecular formula is C24H24N2O4. The van der Waals surface area contributed by atoms with E-state index in [-0.39, 0.29) is 29.8 Å². The second-order valence-electron chi connectivity index (χ2n) is 8.23. The van der Waals surface area contributed by atoms with Crippen LogP contribution in [-0.2, 0) is 4.79 Å². The Morgan fingerprint density at radius 3 is 1.97 bits per heavy atom. The number of amides is 3. The molecule has 6 heteroatoms. The molecule has 30 heavy (non-hydrogen) atoms. The second kappa shape index (κ2) is 7.27. The number of nitrogens with zero attached hydrogens (tertiary/aromatic N) is 2. The summed E-state index contributed by atoms with van der Waals surface area (Å²) in [5.41, 5.74) is 1.67. The SMILES string of the molecule is COc1ccc(C2C(N3C(=O)c4ccccc4C3=O)C(=O)N2C2CCCCC2)cc1. The summed E-state index contributed by atoms with van der Waals surface area (Å²) in [6, 6.07) is 13.4. The molecule has 2 atom stereocenters. The molecule has 2 aromatic rings. The molecule has 154 valence electrons. The van der Waals surface area contributed by atoms with Crippen LogP contribution in [0.1, 0.15) is 64.4 Å². The normalized spacial score (nSPS) is 24.1. The Morgan fingerprint density at radius 2 is 1.40 bits per heavy atom. The van der Waals surface area contributed by atoms with E-state index in [1.807, 2.05) is 29.2 Å². The minimum Gasteiger partial charge on any atom is -0.497 e. The van der Waals surface area contributed by atoms with Crippen LogP contribution in [-0.4, -0.2) is 46.7 Å². The molecule has 1 saturated heterocycles. The van der Waals surface area contributed by atoms with Crippen molar-refractivity contribution < 1.29 is 19.1 Å². The summed E-state index contributed by atoms with van der Waals surface area (Å²) < 4.78 is 5.27. The van der Waals surface area contributed by atoms with Gasteiger partial charge in [-0.2, -0.15) is 0 Å². The lowest BCUT2D eigenvalue weighted by Crippen LogP contribution is -2.69. The number of carbonyl (C=O) groups is 3. The number of β-lactam (4-membered cyclic amide) rings is 1. The molecule has 2 unspecified atom stereocenters. The average Bonchev–Trinajstić information content (AvgIpc) is 3.04. The highest BCUT2D eigenvalue weighted by Gasteiger charge is 2.58. The van der Waals surface area contributed by atoms with Gasteiger partial charge in [0.2, 0.25) is 5.91 Å². The van der Waals surface area contributed by atoms with Crippen molar-refractivity contribution in [2.24, 2.45) is 0 Å². The van der Waals surface area contributed by atoms with E-state index in [9.17, 15) is 14.4 Å². The summed E-state index contributed by atoms with van der Waals surface area (Å²) in [4.78, 5) is 42.6. The van der Waals surface area contributed by atoms with Crippen molar-refractivity contribution in [3.8, 4) is 5.75 Å². The molecule has 0 spiro atoms. The summed E-state index contributed by atoms with van der Waals surface area (Å²) >= 11 is 0. The smallest absolute Gasteiger partial charge is 0.262 e. The van der Waals surface area contributed by atoms with Crippen molar-refractivity contribution >= 4 is 17.7 Å². The van der Waals surface area contributed by atoms with E-state index in [1.165, 1.54) is 11.3 Å². The Labute approximate surface area is 175 Å². The Hall–Kier alpha value is -3.15. The van der Waals surface area contributed by atoms with Crippen LogP contribution in [0.25, 0.3) is 0 Å². The molecule has 5 rings (SSSR count). The van der Waals surface area contributed by atoms with Gasteiger partial charge in [0.15, 0.2) is 0 Å². The highest BCUT2D eigenvalue weighted by Crippen LogP contribution is 2.45. The fraction of sp³-hybridized carbons (Fsp3) is 0.375. The maximum absolute atomic E-state index is 13.4. The lowest BCUT2D eigenvalue weighted by molar-refractivity contribution is -0.162. The number of benzene rings is 2. The zero-order chi connectivity index (χ0) is 20.8. The van der Waals surface area contributed by atoms with Gasteiger partial charge in [0.25, 0.3) is 11.8 Å². The second-order valence-corrected chi connectivity index (χ2v) is 8.23. The minimum absolute atomic E-state index is 0.128. The predicted molar refractivity (Wildman–Crippen MR) is 110 cm³/mol. The van der Waals surface area contributed by atoms with E-state index in [2.05, 4.69) is 0 Å². The van der Waals surface area contributed by atoms with Gasteiger partial charge in [0.05, 0.1) is 24.3 Å². The average molecular weight is 404 g/mol. The topological polar surface area (TPSA) is 66.9 Å². The number of hydrogen-bond donors (Lipinski definition) is 0. The standard InChI is InChI=1S/C24H24N2O4/c1-30-17-13-11-15(12-14-17)20-21(24(29)25(20)16-7-3-2-4-8-16)26-22(27)18-9-5-6-10-19(18)23(26)28/h5-6,9-14,16,20-21H,2-4,7-8H2,1H3. The molecule has 0 aromatic heterocycles. The van der Waals surface area contributed by atoms with Crippen molar-refractivity contribution in [3.05, 3.63) is 65.2 Å². The number of ether oxygens (including phenoxy) is 1. The number of imide groups is 1. The maximum Gasteiger partial charge on any atom is 0.262 e. The van der Waals surface area contributed by atoms with Crippen LogP contribution in [0.3, 0.4) is 0 Å². The summed E-state index contributed by atoms with van der Waals surface area (Å²) in [6.07, 6.45) is 5.32. The number of carbonyl (C=O) groups excluding carboxylic acids is 3. The molecule has 6 nitrogen and oxygen atoms in total. The molecule has 3 aliphatic rings. The number of rotatable bonds is 4. The molecule has 3 amide bonds. The maximum atomic E-state index is 13.4. The van der Waals surface area contributed by atoms with Crippen molar-refractivity contribution in [1.29, 1.82) is 0 Å². The molecule has 0 N–H and O–H groups in total. The monoisotopic (exact) mass is 404 g/mol. The molecule has 1 saturated carbocycles. The molecule has 1 aliphatic carbocycles. The van der Waals surface area contributed by atoms with Crippen LogP contribution < -0.4 is 4.74 Å². The van der Waals surface area contributed by atoms with Crippen LogP contribution in [0, 0.1) is 0 Å². The van der Waals surface area contributed by atoms with E-state index < -0.39 is 6.04 Å². The van der Waals surface area contributed by atoms with Gasteiger partial charge in [0, 0.05) is 6.04 Å². The largest absolute Gasteiger partial charge is 0.497 e. The highest BCUT2D eigenvalue weighted by atomic mass is 16.5. The molecule has 0 bridgehead atoms. The molecule has 2 aromatic carbocycles. The van der Waals surface area contributed by atoms with Crippen molar-refractivity contribution in [2.75, 3.05) is 7.11 Å². The Bertz CT molecular complexity index is 975. The Morgan fingerprint density at radius 1 is 0.800 bits per heavy atom. The zero-order valence-electron chi connectivity index (χ0n) is 16.9. The number of likely N-dealkylation sites (tertiary alicyclic amines) is 1. The quantitative estimate of drug-likeness (QED) is 0.577. The number of hydrogen-bond acceptors (Lipinski definition) is 4. The summed E-state index contributed by atoms with van der Waals surface area (Å²) in [5.74, 6) is -0.158. The fourth-order valence-corrected chi connectivity index (χ4v) is 5.12. The van der Waals surface area contributed by atoms with Crippen molar-refractivity contribution in [2.45, 2.75) is 50.2 Å². The third kappa shape index (κ3) is 2.74. The van der Waals surface area contributed by atoms with Crippen molar-refractivity contribution in [1.82, 2.24) is 9.80 Å². The van der Waals surface area contributed by atoms with E-state index in [0.29, 0.717) is 11.1 Å². The summed E-state index contributed by atoms with van der Waals surface area (Å²) in [7, 11) is 1.61. The van der Waals surface area contributed by atoms with Gasteiger partial charge < -0.3 is 9.64 Å².